The standard InChI is InChI=1S/3C8H16O2.Ga/c3*1-2-3-4-5-6-7-8(9)10;/h3*2-7H2,1H3,(H,9,10);/q;;;+3/p-3. The zero-order valence-electron chi connectivity index (χ0n) is 20.3. The normalized spacial score (nSPS) is 9.39. The van der Waals surface area contributed by atoms with Crippen molar-refractivity contribution >= 4 is 37.7 Å². The summed E-state index contributed by atoms with van der Waals surface area (Å²) in [4.78, 5) is 29.8. The maximum atomic E-state index is 9.92. The van der Waals surface area contributed by atoms with Gasteiger partial charge >= 0.3 is 19.8 Å². The van der Waals surface area contributed by atoms with Gasteiger partial charge in [-0.3, -0.25) is 0 Å². The van der Waals surface area contributed by atoms with Crippen LogP contribution in [0.1, 0.15) is 136 Å². The minimum Gasteiger partial charge on any atom is -0.550 e. The molecule has 0 atom stereocenters. The summed E-state index contributed by atoms with van der Waals surface area (Å²) >= 11 is 0. The first kappa shape index (κ1) is 37.4. The summed E-state index contributed by atoms with van der Waals surface area (Å²) in [6.45, 7) is 6.41. The molecule has 0 aliphatic heterocycles. The molecule has 0 radical (unpaired) electrons. The van der Waals surface area contributed by atoms with Crippen molar-refractivity contribution in [1.82, 2.24) is 0 Å². The molecule has 0 bridgehead atoms. The molecule has 6 nitrogen and oxygen atoms in total. The van der Waals surface area contributed by atoms with Crippen molar-refractivity contribution < 1.29 is 29.7 Å². The Morgan fingerprint density at radius 1 is 0.419 bits per heavy atom. The van der Waals surface area contributed by atoms with Crippen LogP contribution in [-0.2, 0) is 14.4 Å². The Morgan fingerprint density at radius 3 is 0.774 bits per heavy atom. The molecule has 0 aromatic heterocycles. The Labute approximate surface area is 203 Å². The van der Waals surface area contributed by atoms with Crippen LogP contribution in [0.25, 0.3) is 0 Å². The molecule has 0 aromatic carbocycles. The molecule has 0 N–H and O–H groups in total. The van der Waals surface area contributed by atoms with E-state index in [1.165, 1.54) is 38.5 Å². The molecule has 31 heavy (non-hydrogen) atoms. The molecule has 0 heterocycles. The zero-order valence-corrected chi connectivity index (χ0v) is 22.7. The van der Waals surface area contributed by atoms with Crippen LogP contribution in [0.4, 0.5) is 0 Å². The van der Waals surface area contributed by atoms with Crippen molar-refractivity contribution in [3.8, 4) is 0 Å². The van der Waals surface area contributed by atoms with Gasteiger partial charge in [0.15, 0.2) is 0 Å². The number of rotatable bonds is 18. The molecule has 0 rings (SSSR count). The Bertz CT molecular complexity index is 331. The molecule has 0 aromatic rings. The number of hydrogen-bond donors (Lipinski definition) is 0. The van der Waals surface area contributed by atoms with Gasteiger partial charge in [-0.25, -0.2) is 0 Å². The van der Waals surface area contributed by atoms with Crippen LogP contribution >= 0.6 is 0 Å². The summed E-state index contributed by atoms with van der Waals surface area (Å²) in [5, 5.41) is 29.8. The number of carbonyl (C=O) groups is 3. The molecule has 7 heteroatoms. The van der Waals surface area contributed by atoms with E-state index in [1.54, 1.807) is 0 Å². The quantitative estimate of drug-likeness (QED) is 0.211. The summed E-state index contributed by atoms with van der Waals surface area (Å²) in [7, 11) is 0. The number of unbranched alkanes of at least 4 members (excludes halogenated alkanes) is 12. The first-order chi connectivity index (χ1) is 14.3. The van der Waals surface area contributed by atoms with Crippen LogP contribution in [0.2, 0.25) is 0 Å². The first-order valence-electron chi connectivity index (χ1n) is 11.9. The Hall–Kier alpha value is -0.954. The number of carboxylic acid groups (broad SMARTS) is 3. The molecular formula is C24H45GaO6. The van der Waals surface area contributed by atoms with Crippen LogP contribution in [-0.4, -0.2) is 37.7 Å². The molecule has 180 valence electrons. The molecular weight excluding hydrogens is 454 g/mol. The van der Waals surface area contributed by atoms with E-state index in [1.807, 2.05) is 0 Å². The topological polar surface area (TPSA) is 120 Å². The van der Waals surface area contributed by atoms with Gasteiger partial charge in [0.2, 0.25) is 0 Å². The van der Waals surface area contributed by atoms with Crippen LogP contribution in [0, 0.1) is 0 Å². The molecule has 0 aliphatic rings. The van der Waals surface area contributed by atoms with Crippen LogP contribution in [0.5, 0.6) is 0 Å². The third-order valence-electron chi connectivity index (χ3n) is 4.45. The van der Waals surface area contributed by atoms with Crippen molar-refractivity contribution in [3.05, 3.63) is 0 Å². The average molecular weight is 499 g/mol. The number of carboxylic acids is 3. The van der Waals surface area contributed by atoms with E-state index in [-0.39, 0.29) is 39.1 Å². The predicted molar refractivity (Wildman–Crippen MR) is 121 cm³/mol. The van der Waals surface area contributed by atoms with Crippen molar-refractivity contribution in [2.45, 2.75) is 136 Å². The van der Waals surface area contributed by atoms with Gasteiger partial charge in [-0.2, -0.15) is 0 Å². The van der Waals surface area contributed by atoms with E-state index >= 15 is 0 Å². The van der Waals surface area contributed by atoms with Gasteiger partial charge < -0.3 is 29.7 Å². The molecule has 0 amide bonds. The van der Waals surface area contributed by atoms with E-state index in [4.69, 9.17) is 0 Å². The fraction of sp³-hybridized carbons (Fsp3) is 0.875. The molecule has 0 unspecified atom stereocenters. The Morgan fingerprint density at radius 2 is 0.613 bits per heavy atom. The number of hydrogen-bond acceptors (Lipinski definition) is 6. The molecule has 0 saturated carbocycles. The molecule has 0 fully saturated rings. The fourth-order valence-electron chi connectivity index (χ4n) is 2.62. The van der Waals surface area contributed by atoms with Gasteiger partial charge in [0, 0.05) is 17.9 Å². The zero-order chi connectivity index (χ0) is 23.5. The van der Waals surface area contributed by atoms with Crippen LogP contribution < -0.4 is 15.3 Å². The number of aliphatic carboxylic acids is 3. The minimum absolute atomic E-state index is 0. The monoisotopic (exact) mass is 498 g/mol. The summed E-state index contributed by atoms with van der Waals surface area (Å²) in [6, 6.07) is 0. The summed E-state index contributed by atoms with van der Waals surface area (Å²) < 4.78 is 0. The second-order valence-corrected chi connectivity index (χ2v) is 7.61. The van der Waals surface area contributed by atoms with Gasteiger partial charge in [0.05, 0.1) is 0 Å². The van der Waals surface area contributed by atoms with E-state index in [0.717, 1.165) is 57.8 Å². The number of carbonyl (C=O) groups excluding carboxylic acids is 3. The predicted octanol–water partition coefficient (Wildman–Crippen LogP) is 2.91. The summed E-state index contributed by atoms with van der Waals surface area (Å²) in [5.74, 6) is -2.76. The van der Waals surface area contributed by atoms with Gasteiger partial charge in [-0.15, -0.1) is 0 Å². The van der Waals surface area contributed by atoms with E-state index in [0.29, 0.717) is 0 Å². The fourth-order valence-corrected chi connectivity index (χ4v) is 2.62. The minimum atomic E-state index is -0.920. The maximum absolute atomic E-state index is 9.92. The van der Waals surface area contributed by atoms with Crippen LogP contribution in [0.3, 0.4) is 0 Å². The summed E-state index contributed by atoms with van der Waals surface area (Å²) in [5.41, 5.74) is 0. The maximum Gasteiger partial charge on any atom is 3.00 e. The summed E-state index contributed by atoms with van der Waals surface area (Å²) in [6.07, 6.45) is 16.8. The van der Waals surface area contributed by atoms with Gasteiger partial charge in [-0.05, 0) is 38.5 Å². The Balaban J connectivity index is -0.000000174. The molecule has 0 aliphatic carbocycles. The second kappa shape index (κ2) is 33.7. The van der Waals surface area contributed by atoms with Gasteiger partial charge in [-0.1, -0.05) is 97.8 Å². The van der Waals surface area contributed by atoms with E-state index in [2.05, 4.69) is 20.8 Å². The molecule has 0 saturated heterocycles. The third-order valence-corrected chi connectivity index (χ3v) is 4.45. The van der Waals surface area contributed by atoms with Gasteiger partial charge in [0.1, 0.15) is 0 Å². The first-order valence-corrected chi connectivity index (χ1v) is 11.9. The van der Waals surface area contributed by atoms with E-state index in [9.17, 15) is 29.7 Å². The van der Waals surface area contributed by atoms with E-state index < -0.39 is 17.9 Å². The van der Waals surface area contributed by atoms with Gasteiger partial charge in [0.25, 0.3) is 0 Å². The van der Waals surface area contributed by atoms with Crippen molar-refractivity contribution in [1.29, 1.82) is 0 Å². The third kappa shape index (κ3) is 52.9. The van der Waals surface area contributed by atoms with Crippen LogP contribution in [0.15, 0.2) is 0 Å². The largest absolute Gasteiger partial charge is 3.00 e. The smallest absolute Gasteiger partial charge is 0.550 e. The molecule has 0 spiro atoms. The second-order valence-electron chi connectivity index (χ2n) is 7.61. The Kier molecular flexibility index (Phi) is 40.6. The van der Waals surface area contributed by atoms with Crippen molar-refractivity contribution in [3.63, 3.8) is 0 Å². The SMILES string of the molecule is CCCCCCCC(=O)[O-].CCCCCCCC(=O)[O-].CCCCCCCC(=O)[O-].[Ga+3]. The van der Waals surface area contributed by atoms with Crippen molar-refractivity contribution in [2.24, 2.45) is 0 Å². The van der Waals surface area contributed by atoms with Crippen molar-refractivity contribution in [2.75, 3.05) is 0 Å². The average Bonchev–Trinajstić information content (AvgIpc) is 2.68.